The number of anilines is 4. The maximum absolute atomic E-state index is 9.73. The van der Waals surface area contributed by atoms with Gasteiger partial charge in [-0.3, -0.25) is 0 Å². The summed E-state index contributed by atoms with van der Waals surface area (Å²) in [6, 6.07) is 53.9. The van der Waals surface area contributed by atoms with Crippen molar-refractivity contribution in [3.05, 3.63) is 233 Å². The number of ether oxygens (including phenoxy) is 1. The summed E-state index contributed by atoms with van der Waals surface area (Å²) in [5.74, 6) is 2.04. The molecule has 0 radical (unpaired) electrons. The minimum atomic E-state index is -0.445. The van der Waals surface area contributed by atoms with Crippen molar-refractivity contribution in [3.63, 3.8) is 0 Å². The van der Waals surface area contributed by atoms with Gasteiger partial charge in [0.1, 0.15) is 17.0 Å². The quantitative estimate of drug-likeness (QED) is 0.128. The standard InChI is InChI=1S/C90H97N4O2.Pt/c1-54(2)67-31-28-32-68(55(3)4)80(67)58-43-64(92-53-93(76-34-27-26-33-75(76)92)82-71(56-29-24-23-25-30-56)46-62(88(14,15)16)47-72(82)57-41-60(86(8,9)10)45-61(42-57)87(11,12)13)51-66(44-58)95-65-35-36-70-78(52-65)94(79-50-59(39-40-91-79)85(5,6)7)77-38-37-69-73-48-63(89(17,18)19)49-74(90(20,21)22)83(73)96-84(69)81(70)77;/h23-50,53-55H,1-22H3;/q-3;/i23D,24D,25D,29D,30D;. The number of nitrogens with zero attached hydrogens (tertiary/aromatic N) is 4. The summed E-state index contributed by atoms with van der Waals surface area (Å²) in [4.78, 5) is 9.44. The Morgan fingerprint density at radius 2 is 1.05 bits per heavy atom. The second-order valence-electron chi connectivity index (χ2n) is 33.6. The summed E-state index contributed by atoms with van der Waals surface area (Å²) in [5.41, 5.74) is 18.8. The van der Waals surface area contributed by atoms with Crippen LogP contribution in [0.15, 0.2) is 174 Å². The fraction of sp³-hybridized carbons (Fsp3) is 0.333. The third kappa shape index (κ3) is 12.8. The number of pyridine rings is 1. The molecule has 0 saturated carbocycles. The average Bonchev–Trinajstić information content (AvgIpc) is 1.52. The fourth-order valence-electron chi connectivity index (χ4n) is 13.7. The summed E-state index contributed by atoms with van der Waals surface area (Å²) in [6.45, 7) is 51.3. The second-order valence-corrected chi connectivity index (χ2v) is 33.6. The van der Waals surface area contributed by atoms with Crippen LogP contribution in [-0.4, -0.2) is 9.55 Å². The number of hydrogen-bond donors (Lipinski definition) is 0. The van der Waals surface area contributed by atoms with E-state index in [2.05, 4.69) is 295 Å². The first-order valence-electron chi connectivity index (χ1n) is 36.8. The van der Waals surface area contributed by atoms with E-state index >= 15 is 0 Å². The Morgan fingerprint density at radius 3 is 1.64 bits per heavy atom. The van der Waals surface area contributed by atoms with Crippen molar-refractivity contribution < 1.29 is 37.1 Å². The molecule has 6 nitrogen and oxygen atoms in total. The molecule has 9 aromatic carbocycles. The number of benzene rings is 9. The molecule has 97 heavy (non-hydrogen) atoms. The maximum Gasteiger partial charge on any atom is 0.139 e. The van der Waals surface area contributed by atoms with E-state index in [1.54, 1.807) is 0 Å². The van der Waals surface area contributed by atoms with Gasteiger partial charge in [-0.15, -0.1) is 48.3 Å². The molecule has 0 unspecified atom stereocenters. The number of para-hydroxylation sites is 2. The van der Waals surface area contributed by atoms with Crippen molar-refractivity contribution in [2.75, 3.05) is 9.80 Å². The summed E-state index contributed by atoms with van der Waals surface area (Å²) < 4.78 is 63.5. The van der Waals surface area contributed by atoms with Crippen molar-refractivity contribution in [2.24, 2.45) is 0 Å². The van der Waals surface area contributed by atoms with Gasteiger partial charge in [0.25, 0.3) is 0 Å². The molecule has 1 aliphatic rings. The van der Waals surface area contributed by atoms with E-state index in [9.17, 15) is 5.48 Å². The van der Waals surface area contributed by atoms with E-state index in [0.717, 1.165) is 105 Å². The Morgan fingerprint density at radius 1 is 0.485 bits per heavy atom. The van der Waals surface area contributed by atoms with Gasteiger partial charge in [-0.05, 0) is 160 Å². The van der Waals surface area contributed by atoms with Crippen LogP contribution >= 0.6 is 0 Å². The Labute approximate surface area is 599 Å². The smallest absolute Gasteiger partial charge is 0.139 e. The minimum absolute atomic E-state index is 0. The van der Waals surface area contributed by atoms with Gasteiger partial charge in [0.15, 0.2) is 0 Å². The van der Waals surface area contributed by atoms with Crippen LogP contribution in [0.5, 0.6) is 11.5 Å². The predicted octanol–water partition coefficient (Wildman–Crippen LogP) is 25.9. The Kier molecular flexibility index (Phi) is 15.9. The molecule has 0 N–H and O–H groups in total. The Balaban J connectivity index is 0.00000982. The van der Waals surface area contributed by atoms with Crippen LogP contribution in [-0.2, 0) is 53.6 Å². The molecule has 0 bridgehead atoms. The summed E-state index contributed by atoms with van der Waals surface area (Å²) in [6.07, 6.45) is 1.90. The molecule has 0 fully saturated rings. The third-order valence-corrected chi connectivity index (χ3v) is 19.4. The fourth-order valence-corrected chi connectivity index (χ4v) is 13.7. The van der Waals surface area contributed by atoms with Crippen LogP contribution in [0.4, 0.5) is 22.7 Å². The first kappa shape index (κ1) is 62.3. The van der Waals surface area contributed by atoms with Crippen molar-refractivity contribution in [3.8, 4) is 50.7 Å². The van der Waals surface area contributed by atoms with Crippen LogP contribution in [0.3, 0.4) is 0 Å². The van der Waals surface area contributed by atoms with Gasteiger partial charge in [0.05, 0.1) is 6.85 Å². The molecular formula is C90H97N4O2Pt-3. The average molecular weight is 1470 g/mol. The third-order valence-electron chi connectivity index (χ3n) is 19.4. The van der Waals surface area contributed by atoms with E-state index in [0.29, 0.717) is 28.4 Å². The normalized spacial score (nSPS) is 14.2. The molecule has 502 valence electrons. The molecular weight excluding hydrogens is 1360 g/mol. The number of rotatable bonds is 10. The molecule has 0 aliphatic carbocycles. The van der Waals surface area contributed by atoms with Crippen LogP contribution in [0.25, 0.3) is 82.9 Å². The zero-order valence-corrected chi connectivity index (χ0v) is 63.2. The Bertz CT molecular complexity index is 5250. The van der Waals surface area contributed by atoms with E-state index in [1.807, 2.05) is 30.5 Å². The molecule has 0 spiro atoms. The zero-order chi connectivity index (χ0) is 73.0. The van der Waals surface area contributed by atoms with Gasteiger partial charge in [0.2, 0.25) is 0 Å². The minimum Gasteiger partial charge on any atom is -0.509 e. The van der Waals surface area contributed by atoms with E-state index in [-0.39, 0.29) is 77.6 Å². The number of fused-ring (bicyclic) bond motifs is 8. The van der Waals surface area contributed by atoms with Gasteiger partial charge in [-0.1, -0.05) is 248 Å². The molecule has 3 aromatic heterocycles. The van der Waals surface area contributed by atoms with Gasteiger partial charge >= 0.3 is 0 Å². The van der Waals surface area contributed by atoms with Gasteiger partial charge < -0.3 is 23.5 Å². The van der Waals surface area contributed by atoms with Gasteiger partial charge in [-0.2, -0.15) is 6.07 Å². The van der Waals surface area contributed by atoms with Crippen molar-refractivity contribution in [1.82, 2.24) is 9.55 Å². The molecule has 7 heteroatoms. The van der Waals surface area contributed by atoms with E-state index < -0.39 is 23.5 Å². The second kappa shape index (κ2) is 24.7. The topological polar surface area (TPSA) is 46.7 Å². The molecule has 0 atom stereocenters. The van der Waals surface area contributed by atoms with Crippen LogP contribution in [0.1, 0.15) is 216 Å². The van der Waals surface area contributed by atoms with Crippen LogP contribution in [0, 0.1) is 18.8 Å². The largest absolute Gasteiger partial charge is 0.509 e. The Hall–Kier alpha value is -8.18. The number of hydrogen-bond acceptors (Lipinski definition) is 5. The van der Waals surface area contributed by atoms with Crippen molar-refractivity contribution >= 4 is 66.5 Å². The maximum atomic E-state index is 9.73. The van der Waals surface area contributed by atoms with Crippen molar-refractivity contribution in [2.45, 2.75) is 197 Å². The van der Waals surface area contributed by atoms with E-state index in [4.69, 9.17) is 15.5 Å². The van der Waals surface area contributed by atoms with Crippen LogP contribution in [0.2, 0.25) is 0 Å². The molecule has 4 heterocycles. The summed E-state index contributed by atoms with van der Waals surface area (Å²) in [7, 11) is 0. The summed E-state index contributed by atoms with van der Waals surface area (Å²) >= 11 is 0. The SMILES string of the molecule is [2H]c1c([2H])c([2H])c(-c2cc(C(C)(C)C)cc(-c3cc(C(C)(C)C)cc(C(C)(C)C)c3)c2N2[CH-]N(c3[c-]c(Oc4[c-]c5c(cc4)c4c6oc7c(C(C)(C)C)cc(C(C)(C)C)cc7c6ccc4n5-c4cc(C(C)(C)C)ccn4)cc(-c4c(C(C)C)cccc4C(C)C)c3)c3ccccc32)c([2H])c1[2H].[Pt]. The number of aromatic nitrogens is 2. The molecule has 12 aromatic rings. The zero-order valence-electron chi connectivity index (χ0n) is 65.9. The first-order valence-corrected chi connectivity index (χ1v) is 34.3. The first-order chi connectivity index (χ1) is 47.1. The van der Waals surface area contributed by atoms with Gasteiger partial charge in [0, 0.05) is 88.8 Å². The monoisotopic (exact) mass is 1470 g/mol. The molecule has 1 aliphatic heterocycles. The van der Waals surface area contributed by atoms with E-state index in [1.165, 1.54) is 22.3 Å². The molecule has 0 saturated heterocycles. The summed E-state index contributed by atoms with van der Waals surface area (Å²) in [5, 5.41) is 4.06. The number of furan rings is 1. The van der Waals surface area contributed by atoms with Gasteiger partial charge in [-0.25, -0.2) is 4.98 Å². The molecule has 13 rings (SSSR count). The predicted molar refractivity (Wildman–Crippen MR) is 408 cm³/mol. The van der Waals surface area contributed by atoms with Crippen molar-refractivity contribution in [1.29, 1.82) is 0 Å². The molecule has 0 amide bonds. The van der Waals surface area contributed by atoms with Crippen LogP contribution < -0.4 is 14.5 Å².